The molecule has 3 heteroatoms. The van der Waals surface area contributed by atoms with Crippen molar-refractivity contribution in [1.82, 2.24) is 0 Å². The lowest BCUT2D eigenvalue weighted by Crippen LogP contribution is -2.03. The predicted octanol–water partition coefficient (Wildman–Crippen LogP) is 2.06. The molecule has 9 heavy (non-hydrogen) atoms. The minimum atomic E-state index is 0.0399. The highest BCUT2D eigenvalue weighted by molar-refractivity contribution is 9.10. The van der Waals surface area contributed by atoms with Crippen LogP contribution in [0.3, 0.4) is 0 Å². The summed E-state index contributed by atoms with van der Waals surface area (Å²) in [5.74, 6) is 0. The molecule has 0 fully saturated rings. The quantitative estimate of drug-likeness (QED) is 0.735. The molecule has 0 saturated carbocycles. The van der Waals surface area contributed by atoms with E-state index < -0.39 is 0 Å². The normalized spacial score (nSPS) is 13.7. The summed E-state index contributed by atoms with van der Waals surface area (Å²) in [6.45, 7) is 1.91. The van der Waals surface area contributed by atoms with Gasteiger partial charge in [-0.1, -0.05) is 0 Å². The summed E-state index contributed by atoms with van der Waals surface area (Å²) in [5.41, 5.74) is 6.58. The van der Waals surface area contributed by atoms with E-state index in [-0.39, 0.29) is 6.04 Å². The van der Waals surface area contributed by atoms with Gasteiger partial charge in [-0.05, 0) is 28.9 Å². The van der Waals surface area contributed by atoms with E-state index in [4.69, 9.17) is 10.2 Å². The Morgan fingerprint density at radius 2 is 2.44 bits per heavy atom. The van der Waals surface area contributed by atoms with E-state index in [0.717, 1.165) is 10.2 Å². The van der Waals surface area contributed by atoms with Gasteiger partial charge in [0.25, 0.3) is 0 Å². The lowest BCUT2D eigenvalue weighted by atomic mass is 10.2. The predicted molar refractivity (Wildman–Crippen MR) is 39.0 cm³/mol. The van der Waals surface area contributed by atoms with Gasteiger partial charge in [0.15, 0.2) is 4.67 Å². The van der Waals surface area contributed by atoms with Crippen LogP contribution < -0.4 is 5.73 Å². The highest BCUT2D eigenvalue weighted by atomic mass is 79.9. The standard InChI is InChI=1S/C6H8BrNO/c1-4(8)5-2-3-9-6(5)7/h2-4H,8H2,1H3. The van der Waals surface area contributed by atoms with Gasteiger partial charge in [0.05, 0.1) is 6.26 Å². The summed E-state index contributed by atoms with van der Waals surface area (Å²) in [5, 5.41) is 0. The molecule has 0 aromatic carbocycles. The molecule has 2 nitrogen and oxygen atoms in total. The maximum Gasteiger partial charge on any atom is 0.173 e. The first-order valence-corrected chi connectivity index (χ1v) is 3.49. The molecule has 0 amide bonds. The van der Waals surface area contributed by atoms with Crippen molar-refractivity contribution in [1.29, 1.82) is 0 Å². The first-order valence-electron chi connectivity index (χ1n) is 2.70. The second kappa shape index (κ2) is 2.54. The van der Waals surface area contributed by atoms with Crippen molar-refractivity contribution in [2.24, 2.45) is 5.73 Å². The van der Waals surface area contributed by atoms with Crippen LogP contribution in [-0.4, -0.2) is 0 Å². The summed E-state index contributed by atoms with van der Waals surface area (Å²) in [7, 11) is 0. The smallest absolute Gasteiger partial charge is 0.173 e. The molecule has 1 aromatic rings. The first-order chi connectivity index (χ1) is 4.22. The maximum absolute atomic E-state index is 5.57. The monoisotopic (exact) mass is 189 g/mol. The summed E-state index contributed by atoms with van der Waals surface area (Å²) in [6, 6.07) is 1.90. The fourth-order valence-corrected chi connectivity index (χ4v) is 1.23. The van der Waals surface area contributed by atoms with Crippen LogP contribution in [0.25, 0.3) is 0 Å². The van der Waals surface area contributed by atoms with Gasteiger partial charge in [-0.3, -0.25) is 0 Å². The average molecular weight is 190 g/mol. The lowest BCUT2D eigenvalue weighted by Gasteiger charge is -1.98. The van der Waals surface area contributed by atoms with Crippen LogP contribution in [0.1, 0.15) is 18.5 Å². The van der Waals surface area contributed by atoms with E-state index in [2.05, 4.69) is 15.9 Å². The van der Waals surface area contributed by atoms with E-state index in [1.165, 1.54) is 0 Å². The van der Waals surface area contributed by atoms with Gasteiger partial charge in [-0.15, -0.1) is 0 Å². The minimum absolute atomic E-state index is 0.0399. The van der Waals surface area contributed by atoms with E-state index in [1.54, 1.807) is 6.26 Å². The number of rotatable bonds is 1. The second-order valence-electron chi connectivity index (χ2n) is 1.94. The molecule has 0 saturated heterocycles. The van der Waals surface area contributed by atoms with Gasteiger partial charge in [0.2, 0.25) is 0 Å². The van der Waals surface area contributed by atoms with Crippen LogP contribution in [0, 0.1) is 0 Å². The first kappa shape index (κ1) is 6.83. The Kier molecular flexibility index (Phi) is 1.93. The Balaban J connectivity index is 2.94. The zero-order valence-corrected chi connectivity index (χ0v) is 6.68. The Morgan fingerprint density at radius 3 is 2.67 bits per heavy atom. The molecule has 0 spiro atoms. The molecule has 1 atom stereocenters. The second-order valence-corrected chi connectivity index (χ2v) is 2.66. The van der Waals surface area contributed by atoms with E-state index in [9.17, 15) is 0 Å². The molecule has 0 aliphatic heterocycles. The zero-order chi connectivity index (χ0) is 6.85. The summed E-state index contributed by atoms with van der Waals surface area (Å²) >= 11 is 3.22. The average Bonchev–Trinajstić information content (AvgIpc) is 2.13. The molecule has 1 unspecified atom stereocenters. The highest BCUT2D eigenvalue weighted by Gasteiger charge is 2.05. The third-order valence-electron chi connectivity index (χ3n) is 1.14. The van der Waals surface area contributed by atoms with Gasteiger partial charge in [-0.25, -0.2) is 0 Å². The molecular weight excluding hydrogens is 182 g/mol. The van der Waals surface area contributed by atoms with Gasteiger partial charge in [-0.2, -0.15) is 0 Å². The van der Waals surface area contributed by atoms with Crippen molar-refractivity contribution in [3.63, 3.8) is 0 Å². The molecular formula is C6H8BrNO. The van der Waals surface area contributed by atoms with Crippen LogP contribution in [0.15, 0.2) is 21.4 Å². The molecule has 0 radical (unpaired) electrons. The van der Waals surface area contributed by atoms with Crippen molar-refractivity contribution < 1.29 is 4.42 Å². The van der Waals surface area contributed by atoms with Crippen molar-refractivity contribution in [3.05, 3.63) is 22.6 Å². The molecule has 1 aromatic heterocycles. The van der Waals surface area contributed by atoms with Gasteiger partial charge in [0.1, 0.15) is 0 Å². The molecule has 0 aliphatic carbocycles. The SMILES string of the molecule is CC(N)c1ccoc1Br. The van der Waals surface area contributed by atoms with Crippen LogP contribution in [0.5, 0.6) is 0 Å². The Bertz CT molecular complexity index is 195. The Hall–Kier alpha value is -0.280. The van der Waals surface area contributed by atoms with Crippen LogP contribution in [0.4, 0.5) is 0 Å². The van der Waals surface area contributed by atoms with E-state index in [1.807, 2.05) is 13.0 Å². The minimum Gasteiger partial charge on any atom is -0.457 e. The lowest BCUT2D eigenvalue weighted by molar-refractivity contribution is 0.533. The molecule has 0 aliphatic rings. The molecule has 1 heterocycles. The van der Waals surface area contributed by atoms with Gasteiger partial charge >= 0.3 is 0 Å². The largest absolute Gasteiger partial charge is 0.457 e. The summed E-state index contributed by atoms with van der Waals surface area (Å²) < 4.78 is 5.70. The van der Waals surface area contributed by atoms with Crippen molar-refractivity contribution in [2.45, 2.75) is 13.0 Å². The van der Waals surface area contributed by atoms with Crippen molar-refractivity contribution in [3.8, 4) is 0 Å². The molecule has 50 valence electrons. The topological polar surface area (TPSA) is 39.2 Å². The van der Waals surface area contributed by atoms with Crippen LogP contribution in [-0.2, 0) is 0 Å². The number of halogens is 1. The van der Waals surface area contributed by atoms with Gasteiger partial charge < -0.3 is 10.2 Å². The zero-order valence-electron chi connectivity index (χ0n) is 5.10. The van der Waals surface area contributed by atoms with E-state index in [0.29, 0.717) is 0 Å². The summed E-state index contributed by atoms with van der Waals surface area (Å²) in [6.07, 6.45) is 1.61. The van der Waals surface area contributed by atoms with Gasteiger partial charge in [0, 0.05) is 11.6 Å². The Labute approximate surface area is 62.2 Å². The molecule has 0 bridgehead atoms. The number of furan rings is 1. The maximum atomic E-state index is 5.57. The van der Waals surface area contributed by atoms with Crippen LogP contribution in [0.2, 0.25) is 0 Å². The third kappa shape index (κ3) is 1.34. The number of hydrogen-bond donors (Lipinski definition) is 1. The number of nitrogens with two attached hydrogens (primary N) is 1. The fraction of sp³-hybridized carbons (Fsp3) is 0.333. The van der Waals surface area contributed by atoms with Crippen molar-refractivity contribution in [2.75, 3.05) is 0 Å². The third-order valence-corrected chi connectivity index (χ3v) is 1.78. The van der Waals surface area contributed by atoms with Crippen molar-refractivity contribution >= 4 is 15.9 Å². The highest BCUT2D eigenvalue weighted by Crippen LogP contribution is 2.21. The summed E-state index contributed by atoms with van der Waals surface area (Å²) in [4.78, 5) is 0. The Morgan fingerprint density at radius 1 is 1.78 bits per heavy atom. The number of hydrogen-bond acceptors (Lipinski definition) is 2. The molecule has 1 rings (SSSR count). The van der Waals surface area contributed by atoms with Crippen LogP contribution >= 0.6 is 15.9 Å². The fourth-order valence-electron chi connectivity index (χ4n) is 0.631. The molecule has 2 N–H and O–H groups in total. The van der Waals surface area contributed by atoms with E-state index >= 15 is 0 Å².